The number of nitrogens with zero attached hydrogens (tertiary/aromatic N) is 6. The second kappa shape index (κ2) is 6.78. The Balaban J connectivity index is 1.22. The van der Waals surface area contributed by atoms with E-state index in [1.165, 1.54) is 32.1 Å². The number of aromatic nitrogens is 4. The molecule has 0 spiro atoms. The third-order valence-electron chi connectivity index (χ3n) is 6.35. The lowest BCUT2D eigenvalue weighted by Gasteiger charge is -2.45. The first-order chi connectivity index (χ1) is 12.8. The molecule has 0 N–H and O–H groups in total. The van der Waals surface area contributed by atoms with Crippen LogP contribution in [0.15, 0.2) is 12.1 Å². The average Bonchev–Trinajstić information content (AvgIpc) is 2.96. The first-order valence-electron chi connectivity index (χ1n) is 10.0. The van der Waals surface area contributed by atoms with E-state index < -0.39 is 0 Å². The highest BCUT2D eigenvalue weighted by Crippen LogP contribution is 2.35. The zero-order valence-corrected chi connectivity index (χ0v) is 15.5. The topological polar surface area (TPSA) is 58.8 Å². The average molecular weight is 356 g/mol. The summed E-state index contributed by atoms with van der Waals surface area (Å²) in [5.74, 6) is 3.32. The molecular formula is C19H28N6O. The highest BCUT2D eigenvalue weighted by Gasteiger charge is 2.33. The standard InChI is InChI=1S/C19H28N6O/c1-23(10-14-4-3-9-26-13-14)16-11-24(12-16)18-8-7-17-20-21-19(25(17)22-18)15-5-2-6-15/h7-8,14-16H,2-6,9-13H2,1H3. The highest BCUT2D eigenvalue weighted by atomic mass is 16.5. The molecular weight excluding hydrogens is 328 g/mol. The van der Waals surface area contributed by atoms with E-state index in [1.54, 1.807) is 0 Å². The fraction of sp³-hybridized carbons (Fsp3) is 0.737. The van der Waals surface area contributed by atoms with E-state index in [4.69, 9.17) is 9.84 Å². The lowest BCUT2D eigenvalue weighted by molar-refractivity contribution is 0.0339. The molecule has 1 unspecified atom stereocenters. The molecule has 2 aromatic heterocycles. The number of ether oxygens (including phenoxy) is 1. The van der Waals surface area contributed by atoms with Gasteiger partial charge in [0.25, 0.3) is 0 Å². The summed E-state index contributed by atoms with van der Waals surface area (Å²) >= 11 is 0. The second-order valence-corrected chi connectivity index (χ2v) is 8.23. The van der Waals surface area contributed by atoms with Crippen molar-refractivity contribution in [3.05, 3.63) is 18.0 Å². The van der Waals surface area contributed by atoms with Gasteiger partial charge in [0.2, 0.25) is 0 Å². The maximum Gasteiger partial charge on any atom is 0.178 e. The smallest absolute Gasteiger partial charge is 0.178 e. The lowest BCUT2D eigenvalue weighted by Crippen LogP contribution is -2.59. The van der Waals surface area contributed by atoms with Crippen molar-refractivity contribution in [2.75, 3.05) is 44.8 Å². The van der Waals surface area contributed by atoms with E-state index >= 15 is 0 Å². The largest absolute Gasteiger partial charge is 0.381 e. The van der Waals surface area contributed by atoms with Crippen LogP contribution in [0, 0.1) is 5.92 Å². The molecule has 7 heteroatoms. The van der Waals surface area contributed by atoms with Crippen molar-refractivity contribution in [3.8, 4) is 0 Å². The summed E-state index contributed by atoms with van der Waals surface area (Å²) in [4.78, 5) is 4.87. The van der Waals surface area contributed by atoms with Crippen molar-refractivity contribution in [3.63, 3.8) is 0 Å². The Kier molecular flexibility index (Phi) is 4.29. The molecule has 0 amide bonds. The van der Waals surface area contributed by atoms with Crippen LogP contribution in [-0.2, 0) is 4.74 Å². The van der Waals surface area contributed by atoms with E-state index in [9.17, 15) is 0 Å². The first-order valence-corrected chi connectivity index (χ1v) is 10.0. The molecule has 140 valence electrons. The van der Waals surface area contributed by atoms with Gasteiger partial charge < -0.3 is 9.64 Å². The minimum absolute atomic E-state index is 0.542. The predicted molar refractivity (Wildman–Crippen MR) is 99.5 cm³/mol. The molecule has 1 atom stereocenters. The SMILES string of the molecule is CN(CC1CCCOC1)C1CN(c2ccc3nnc(C4CCC4)n3n2)C1. The van der Waals surface area contributed by atoms with Crippen molar-refractivity contribution in [1.29, 1.82) is 0 Å². The molecule has 4 heterocycles. The fourth-order valence-corrected chi connectivity index (χ4v) is 4.31. The van der Waals surface area contributed by atoms with E-state index in [0.717, 1.165) is 50.1 Å². The van der Waals surface area contributed by atoms with Gasteiger partial charge in [0.1, 0.15) is 5.82 Å². The molecule has 2 saturated heterocycles. The molecule has 5 rings (SSSR count). The molecule has 1 saturated carbocycles. The van der Waals surface area contributed by atoms with Gasteiger partial charge >= 0.3 is 0 Å². The maximum absolute atomic E-state index is 5.62. The summed E-state index contributed by atoms with van der Waals surface area (Å²) in [6.07, 6.45) is 6.24. The molecule has 7 nitrogen and oxygen atoms in total. The quantitative estimate of drug-likeness (QED) is 0.816. The zero-order valence-electron chi connectivity index (χ0n) is 15.5. The number of hydrogen-bond acceptors (Lipinski definition) is 6. The van der Waals surface area contributed by atoms with Crippen molar-refractivity contribution in [2.45, 2.75) is 44.1 Å². The van der Waals surface area contributed by atoms with E-state index in [1.807, 2.05) is 10.6 Å². The van der Waals surface area contributed by atoms with Crippen LogP contribution in [-0.4, -0.2) is 70.6 Å². The lowest BCUT2D eigenvalue weighted by atomic mass is 9.85. The van der Waals surface area contributed by atoms with Crippen molar-refractivity contribution in [1.82, 2.24) is 24.7 Å². The van der Waals surface area contributed by atoms with Gasteiger partial charge in [-0.1, -0.05) is 6.42 Å². The van der Waals surface area contributed by atoms with Crippen LogP contribution in [0.5, 0.6) is 0 Å². The minimum atomic E-state index is 0.542. The normalized spacial score (nSPS) is 24.8. The monoisotopic (exact) mass is 356 g/mol. The first kappa shape index (κ1) is 16.4. The molecule has 0 bridgehead atoms. The number of hydrogen-bond donors (Lipinski definition) is 0. The van der Waals surface area contributed by atoms with E-state index in [-0.39, 0.29) is 0 Å². The third-order valence-corrected chi connectivity index (χ3v) is 6.35. The molecule has 3 aliphatic rings. The van der Waals surface area contributed by atoms with E-state index in [2.05, 4.69) is 33.1 Å². The Hall–Kier alpha value is -1.73. The summed E-state index contributed by atoms with van der Waals surface area (Å²) in [6.45, 7) is 5.10. The summed E-state index contributed by atoms with van der Waals surface area (Å²) in [5.41, 5.74) is 0.863. The van der Waals surface area contributed by atoms with Crippen LogP contribution in [0.3, 0.4) is 0 Å². The van der Waals surface area contributed by atoms with Crippen LogP contribution in [0.4, 0.5) is 5.82 Å². The summed E-state index contributed by atoms with van der Waals surface area (Å²) < 4.78 is 7.59. The van der Waals surface area contributed by atoms with Gasteiger partial charge in [-0.3, -0.25) is 4.90 Å². The maximum atomic E-state index is 5.62. The second-order valence-electron chi connectivity index (χ2n) is 8.23. The van der Waals surface area contributed by atoms with Crippen molar-refractivity contribution in [2.24, 2.45) is 5.92 Å². The number of anilines is 1. The molecule has 1 aliphatic carbocycles. The van der Waals surface area contributed by atoms with Crippen LogP contribution in [0.1, 0.15) is 43.8 Å². The Morgan fingerprint density at radius 2 is 2.04 bits per heavy atom. The van der Waals surface area contributed by atoms with Crippen LogP contribution in [0.25, 0.3) is 5.65 Å². The van der Waals surface area contributed by atoms with Gasteiger partial charge in [0.15, 0.2) is 11.5 Å². The number of fused-ring (bicyclic) bond motifs is 1. The van der Waals surface area contributed by atoms with Gasteiger partial charge in [-0.2, -0.15) is 4.52 Å². The van der Waals surface area contributed by atoms with Crippen molar-refractivity contribution < 1.29 is 4.74 Å². The van der Waals surface area contributed by atoms with Gasteiger partial charge in [0.05, 0.1) is 6.61 Å². The van der Waals surface area contributed by atoms with Crippen LogP contribution in [0.2, 0.25) is 0 Å². The van der Waals surface area contributed by atoms with Gasteiger partial charge in [0, 0.05) is 38.2 Å². The highest BCUT2D eigenvalue weighted by molar-refractivity contribution is 5.48. The Morgan fingerprint density at radius 1 is 1.15 bits per heavy atom. The predicted octanol–water partition coefficient (Wildman–Crippen LogP) is 1.94. The molecule has 26 heavy (non-hydrogen) atoms. The van der Waals surface area contributed by atoms with E-state index in [0.29, 0.717) is 17.9 Å². The summed E-state index contributed by atoms with van der Waals surface area (Å²) in [7, 11) is 2.25. The van der Waals surface area contributed by atoms with Gasteiger partial charge in [-0.15, -0.1) is 15.3 Å². The Morgan fingerprint density at radius 3 is 2.77 bits per heavy atom. The van der Waals surface area contributed by atoms with Gasteiger partial charge in [-0.05, 0) is 50.8 Å². The molecule has 2 aliphatic heterocycles. The molecule has 3 fully saturated rings. The third kappa shape index (κ3) is 2.97. The fourth-order valence-electron chi connectivity index (χ4n) is 4.31. The van der Waals surface area contributed by atoms with Crippen LogP contribution >= 0.6 is 0 Å². The minimum Gasteiger partial charge on any atom is -0.381 e. The van der Waals surface area contributed by atoms with Crippen LogP contribution < -0.4 is 4.90 Å². The van der Waals surface area contributed by atoms with Crippen molar-refractivity contribution >= 4 is 11.5 Å². The molecule has 2 aromatic rings. The van der Waals surface area contributed by atoms with Gasteiger partial charge in [-0.25, -0.2) is 0 Å². The zero-order chi connectivity index (χ0) is 17.5. The Bertz CT molecular complexity index is 760. The number of rotatable bonds is 5. The Labute approximate surface area is 154 Å². The summed E-state index contributed by atoms with van der Waals surface area (Å²) in [6, 6.07) is 4.75. The molecule has 0 aromatic carbocycles. The summed E-state index contributed by atoms with van der Waals surface area (Å²) in [5, 5.41) is 13.5. The molecule has 0 radical (unpaired) electrons. The number of likely N-dealkylation sites (N-methyl/N-ethyl adjacent to an activating group) is 1.